The van der Waals surface area contributed by atoms with Crippen molar-refractivity contribution in [2.45, 2.75) is 18.6 Å². The number of nitrogens with zero attached hydrogens (tertiary/aromatic N) is 4. The predicted molar refractivity (Wildman–Crippen MR) is 110 cm³/mol. The number of furan rings is 2. The molecule has 0 fully saturated rings. The second-order valence-corrected chi connectivity index (χ2v) is 7.45. The van der Waals surface area contributed by atoms with Crippen molar-refractivity contribution in [3.8, 4) is 17.3 Å². The summed E-state index contributed by atoms with van der Waals surface area (Å²) in [6, 6.07) is 17.2. The van der Waals surface area contributed by atoms with Crippen molar-refractivity contribution in [1.29, 1.82) is 0 Å². The summed E-state index contributed by atoms with van der Waals surface area (Å²) in [7, 11) is 1.76. The number of hydrogen-bond donors (Lipinski definition) is 0. The van der Waals surface area contributed by atoms with Crippen LogP contribution in [0.5, 0.6) is 0 Å². The van der Waals surface area contributed by atoms with E-state index in [1.165, 1.54) is 11.8 Å². The van der Waals surface area contributed by atoms with Gasteiger partial charge < -0.3 is 13.7 Å². The van der Waals surface area contributed by atoms with Gasteiger partial charge in [-0.1, -0.05) is 30.0 Å². The minimum absolute atomic E-state index is 0.0220. The van der Waals surface area contributed by atoms with Gasteiger partial charge in [-0.2, -0.15) is 0 Å². The molecule has 0 unspecified atom stereocenters. The Morgan fingerprint density at radius 3 is 2.62 bits per heavy atom. The first-order chi connectivity index (χ1) is 14.1. The van der Waals surface area contributed by atoms with Crippen LogP contribution in [-0.2, 0) is 11.3 Å². The molecule has 148 valence electrons. The van der Waals surface area contributed by atoms with Crippen LogP contribution in [0.3, 0.4) is 0 Å². The van der Waals surface area contributed by atoms with Gasteiger partial charge in [0.2, 0.25) is 11.7 Å². The molecule has 8 heteroatoms. The molecule has 3 aromatic heterocycles. The lowest BCUT2D eigenvalue weighted by atomic mass is 10.3. The van der Waals surface area contributed by atoms with Crippen molar-refractivity contribution in [3.05, 3.63) is 72.4 Å². The highest BCUT2D eigenvalue weighted by Gasteiger charge is 2.20. The summed E-state index contributed by atoms with van der Waals surface area (Å²) in [4.78, 5) is 14.2. The molecule has 7 nitrogen and oxygen atoms in total. The standard InChI is InChI=1S/C21H20N4O3S/c1-15-10-11-17(28-15)13-24(2)19(26)14-29-21-23-22-20(18-9-6-12-27-18)25(21)16-7-4-3-5-8-16/h3-12H,13-14H2,1-2H3. The molecule has 0 bridgehead atoms. The molecule has 0 aliphatic rings. The van der Waals surface area contributed by atoms with Gasteiger partial charge in [0.1, 0.15) is 11.5 Å². The number of aromatic nitrogens is 3. The zero-order chi connectivity index (χ0) is 20.2. The number of benzene rings is 1. The first-order valence-electron chi connectivity index (χ1n) is 9.08. The van der Waals surface area contributed by atoms with E-state index >= 15 is 0 Å². The largest absolute Gasteiger partial charge is 0.464 e. The van der Waals surface area contributed by atoms with Crippen LogP contribution in [0.25, 0.3) is 17.3 Å². The fourth-order valence-corrected chi connectivity index (χ4v) is 3.76. The summed E-state index contributed by atoms with van der Waals surface area (Å²) in [5.74, 6) is 3.01. The lowest BCUT2D eigenvalue weighted by Gasteiger charge is -2.15. The number of para-hydroxylation sites is 1. The van der Waals surface area contributed by atoms with Gasteiger partial charge in [0.15, 0.2) is 10.9 Å². The van der Waals surface area contributed by atoms with Crippen LogP contribution in [0.1, 0.15) is 11.5 Å². The van der Waals surface area contributed by atoms with E-state index < -0.39 is 0 Å². The number of carbonyl (C=O) groups excluding carboxylic acids is 1. The average Bonchev–Trinajstić information content (AvgIpc) is 3.47. The highest BCUT2D eigenvalue weighted by atomic mass is 32.2. The molecule has 0 atom stereocenters. The SMILES string of the molecule is Cc1ccc(CN(C)C(=O)CSc2nnc(-c3ccco3)n2-c2ccccc2)o1. The van der Waals surface area contributed by atoms with Crippen molar-refractivity contribution in [2.75, 3.05) is 12.8 Å². The Kier molecular flexibility index (Phi) is 5.53. The van der Waals surface area contributed by atoms with Gasteiger partial charge in [-0.15, -0.1) is 10.2 Å². The molecule has 4 aromatic rings. The third kappa shape index (κ3) is 4.27. The molecule has 0 aliphatic heterocycles. The second kappa shape index (κ2) is 8.40. The number of thioether (sulfide) groups is 1. The molecule has 0 radical (unpaired) electrons. The number of carbonyl (C=O) groups is 1. The van der Waals surface area contributed by atoms with Gasteiger partial charge in [0, 0.05) is 12.7 Å². The first-order valence-corrected chi connectivity index (χ1v) is 10.1. The van der Waals surface area contributed by atoms with Gasteiger partial charge in [0.05, 0.1) is 18.6 Å². The summed E-state index contributed by atoms with van der Waals surface area (Å²) < 4.78 is 13.0. The van der Waals surface area contributed by atoms with E-state index in [9.17, 15) is 4.79 Å². The van der Waals surface area contributed by atoms with Crippen LogP contribution >= 0.6 is 11.8 Å². The van der Waals surface area contributed by atoms with Gasteiger partial charge in [-0.05, 0) is 43.3 Å². The Hall–Kier alpha value is -3.26. The van der Waals surface area contributed by atoms with E-state index in [1.807, 2.05) is 60.0 Å². The van der Waals surface area contributed by atoms with Gasteiger partial charge >= 0.3 is 0 Å². The summed E-state index contributed by atoms with van der Waals surface area (Å²) >= 11 is 1.34. The topological polar surface area (TPSA) is 77.3 Å². The van der Waals surface area contributed by atoms with E-state index in [0.29, 0.717) is 23.3 Å². The monoisotopic (exact) mass is 408 g/mol. The van der Waals surface area contributed by atoms with E-state index in [4.69, 9.17) is 8.83 Å². The van der Waals surface area contributed by atoms with E-state index in [-0.39, 0.29) is 11.7 Å². The number of aryl methyl sites for hydroxylation is 1. The van der Waals surface area contributed by atoms with Crippen LogP contribution < -0.4 is 0 Å². The predicted octanol–water partition coefficient (Wildman–Crippen LogP) is 4.18. The highest BCUT2D eigenvalue weighted by molar-refractivity contribution is 7.99. The summed E-state index contributed by atoms with van der Waals surface area (Å²) in [5.41, 5.74) is 0.901. The van der Waals surface area contributed by atoms with Gasteiger partial charge in [0.25, 0.3) is 0 Å². The van der Waals surface area contributed by atoms with E-state index in [1.54, 1.807) is 24.3 Å². The smallest absolute Gasteiger partial charge is 0.233 e. The molecule has 0 N–H and O–H groups in total. The maximum atomic E-state index is 12.6. The lowest BCUT2D eigenvalue weighted by Crippen LogP contribution is -2.27. The fourth-order valence-electron chi connectivity index (χ4n) is 2.87. The molecule has 4 rings (SSSR count). The quantitative estimate of drug-likeness (QED) is 0.427. The maximum Gasteiger partial charge on any atom is 0.233 e. The molecule has 0 spiro atoms. The summed E-state index contributed by atoms with van der Waals surface area (Å²) in [6.45, 7) is 2.31. The zero-order valence-electron chi connectivity index (χ0n) is 16.1. The summed E-state index contributed by atoms with van der Waals surface area (Å²) in [5, 5.41) is 9.20. The molecule has 0 aliphatic carbocycles. The Balaban J connectivity index is 1.52. The second-order valence-electron chi connectivity index (χ2n) is 6.51. The van der Waals surface area contributed by atoms with Crippen molar-refractivity contribution in [1.82, 2.24) is 19.7 Å². The van der Waals surface area contributed by atoms with Crippen molar-refractivity contribution >= 4 is 17.7 Å². The summed E-state index contributed by atoms with van der Waals surface area (Å²) in [6.07, 6.45) is 1.60. The molecule has 1 amide bonds. The Morgan fingerprint density at radius 2 is 1.93 bits per heavy atom. The zero-order valence-corrected chi connectivity index (χ0v) is 16.9. The van der Waals surface area contributed by atoms with Gasteiger partial charge in [-0.25, -0.2) is 0 Å². The molecule has 0 saturated carbocycles. The Morgan fingerprint density at radius 1 is 1.10 bits per heavy atom. The van der Waals surface area contributed by atoms with Crippen molar-refractivity contribution < 1.29 is 13.6 Å². The van der Waals surface area contributed by atoms with Crippen molar-refractivity contribution in [2.24, 2.45) is 0 Å². The minimum atomic E-state index is -0.0220. The fraction of sp³-hybridized carbons (Fsp3) is 0.190. The van der Waals surface area contributed by atoms with Crippen LogP contribution in [0.15, 0.2) is 74.9 Å². The van der Waals surface area contributed by atoms with Crippen LogP contribution in [-0.4, -0.2) is 38.4 Å². The Bertz CT molecular complexity index is 1090. The maximum absolute atomic E-state index is 12.6. The van der Waals surface area contributed by atoms with Crippen LogP contribution in [0.2, 0.25) is 0 Å². The molecule has 3 heterocycles. The lowest BCUT2D eigenvalue weighted by molar-refractivity contribution is -0.127. The number of amides is 1. The molecular formula is C21H20N4O3S. The number of rotatable bonds is 7. The van der Waals surface area contributed by atoms with Crippen molar-refractivity contribution in [3.63, 3.8) is 0 Å². The van der Waals surface area contributed by atoms with E-state index in [0.717, 1.165) is 17.2 Å². The molecule has 29 heavy (non-hydrogen) atoms. The average molecular weight is 408 g/mol. The highest BCUT2D eigenvalue weighted by Crippen LogP contribution is 2.28. The third-order valence-electron chi connectivity index (χ3n) is 4.33. The Labute approximate surface area is 172 Å². The number of hydrogen-bond acceptors (Lipinski definition) is 6. The first kappa shape index (κ1) is 19.1. The third-order valence-corrected chi connectivity index (χ3v) is 5.24. The van der Waals surface area contributed by atoms with Gasteiger partial charge in [-0.3, -0.25) is 9.36 Å². The van der Waals surface area contributed by atoms with E-state index in [2.05, 4.69) is 10.2 Å². The van der Waals surface area contributed by atoms with Crippen LogP contribution in [0, 0.1) is 6.92 Å². The molecule has 0 saturated heterocycles. The normalized spacial score (nSPS) is 11.0. The molecular weight excluding hydrogens is 388 g/mol. The molecule has 1 aromatic carbocycles. The minimum Gasteiger partial charge on any atom is -0.464 e. The van der Waals surface area contributed by atoms with Crippen LogP contribution in [0.4, 0.5) is 0 Å².